The van der Waals surface area contributed by atoms with Gasteiger partial charge < -0.3 is 14.8 Å². The Hall–Kier alpha value is -1.36. The second-order valence-electron chi connectivity index (χ2n) is 3.33. The Morgan fingerprint density at radius 3 is 2.93 bits per heavy atom. The van der Waals surface area contributed by atoms with Gasteiger partial charge in [-0.3, -0.25) is 4.79 Å². The van der Waals surface area contributed by atoms with E-state index >= 15 is 0 Å². The zero-order valence-electron chi connectivity index (χ0n) is 8.82. The topological polar surface area (TPSA) is 50.2 Å². The predicted molar refractivity (Wildman–Crippen MR) is 53.7 cm³/mol. The summed E-state index contributed by atoms with van der Waals surface area (Å²) in [6, 6.07) is 0. The summed E-state index contributed by atoms with van der Waals surface area (Å²) >= 11 is 0. The monoisotopic (exact) mass is 196 g/mol. The summed E-state index contributed by atoms with van der Waals surface area (Å²) in [5, 5.41) is 3.03. The highest BCUT2D eigenvalue weighted by Gasteiger charge is 2.07. The molecule has 0 bridgehead atoms. The van der Waals surface area contributed by atoms with Crippen LogP contribution >= 0.6 is 0 Å². The van der Waals surface area contributed by atoms with Crippen LogP contribution in [-0.2, 0) is 17.9 Å². The maximum absolute atomic E-state index is 11.4. The maximum atomic E-state index is 11.4. The number of imidazole rings is 1. The van der Waals surface area contributed by atoms with Crippen molar-refractivity contribution in [1.82, 2.24) is 19.8 Å². The molecule has 1 rings (SSSR count). The normalized spacial score (nSPS) is 10.2. The number of rotatable bonds is 4. The van der Waals surface area contributed by atoms with E-state index in [1.54, 1.807) is 31.5 Å². The third-order valence-electron chi connectivity index (χ3n) is 1.96. The van der Waals surface area contributed by atoms with Crippen LogP contribution in [0.5, 0.6) is 0 Å². The van der Waals surface area contributed by atoms with E-state index in [-0.39, 0.29) is 5.91 Å². The molecule has 1 amide bonds. The molecule has 0 fully saturated rings. The molecule has 78 valence electrons. The van der Waals surface area contributed by atoms with E-state index in [4.69, 9.17) is 0 Å². The molecule has 0 saturated heterocycles. The molecule has 1 heterocycles. The summed E-state index contributed by atoms with van der Waals surface area (Å²) in [4.78, 5) is 17.0. The Balaban J connectivity index is 2.66. The minimum absolute atomic E-state index is 0.0698. The molecular weight excluding hydrogens is 180 g/mol. The lowest BCUT2D eigenvalue weighted by Gasteiger charge is -2.12. The number of likely N-dealkylation sites (N-methyl/N-ethyl adjacent to an activating group) is 1. The SMILES string of the molecule is CNCc1cncn1CC(=O)N(C)C. The number of hydrogen-bond acceptors (Lipinski definition) is 3. The highest BCUT2D eigenvalue weighted by Crippen LogP contribution is 1.99. The molecule has 0 aliphatic heterocycles. The third kappa shape index (κ3) is 2.56. The number of nitrogens with zero attached hydrogens (tertiary/aromatic N) is 3. The van der Waals surface area contributed by atoms with Crippen molar-refractivity contribution < 1.29 is 4.79 Å². The van der Waals surface area contributed by atoms with Crippen molar-refractivity contribution in [1.29, 1.82) is 0 Å². The zero-order valence-corrected chi connectivity index (χ0v) is 8.82. The standard InChI is InChI=1S/C9H16N4O/c1-10-4-8-5-11-7-13(8)6-9(14)12(2)3/h5,7,10H,4,6H2,1-3H3. The van der Waals surface area contributed by atoms with Gasteiger partial charge in [0.25, 0.3) is 0 Å². The van der Waals surface area contributed by atoms with Gasteiger partial charge >= 0.3 is 0 Å². The Morgan fingerprint density at radius 2 is 2.36 bits per heavy atom. The van der Waals surface area contributed by atoms with Gasteiger partial charge in [0.05, 0.1) is 12.0 Å². The van der Waals surface area contributed by atoms with Crippen LogP contribution in [0.1, 0.15) is 5.69 Å². The molecule has 1 aromatic rings. The number of carbonyl (C=O) groups excluding carboxylic acids is 1. The minimum atomic E-state index is 0.0698. The van der Waals surface area contributed by atoms with Gasteiger partial charge in [0.1, 0.15) is 6.54 Å². The van der Waals surface area contributed by atoms with E-state index in [9.17, 15) is 4.79 Å². The quantitative estimate of drug-likeness (QED) is 0.718. The summed E-state index contributed by atoms with van der Waals surface area (Å²) in [6.07, 6.45) is 3.44. The molecule has 0 aliphatic carbocycles. The molecule has 5 heteroatoms. The van der Waals surface area contributed by atoms with Crippen molar-refractivity contribution in [2.75, 3.05) is 21.1 Å². The van der Waals surface area contributed by atoms with Crippen LogP contribution in [0.15, 0.2) is 12.5 Å². The van der Waals surface area contributed by atoms with Crippen LogP contribution in [-0.4, -0.2) is 41.5 Å². The lowest BCUT2D eigenvalue weighted by molar-refractivity contribution is -0.129. The van der Waals surface area contributed by atoms with E-state index in [0.717, 1.165) is 12.2 Å². The minimum Gasteiger partial charge on any atom is -0.347 e. The van der Waals surface area contributed by atoms with Crippen LogP contribution < -0.4 is 5.32 Å². The molecule has 0 aromatic carbocycles. The van der Waals surface area contributed by atoms with Gasteiger partial charge in [-0.15, -0.1) is 0 Å². The van der Waals surface area contributed by atoms with Crippen molar-refractivity contribution in [3.05, 3.63) is 18.2 Å². The number of carbonyl (C=O) groups is 1. The summed E-state index contributed by atoms with van der Waals surface area (Å²) in [7, 11) is 5.36. The zero-order chi connectivity index (χ0) is 10.6. The van der Waals surface area contributed by atoms with E-state index in [1.165, 1.54) is 0 Å². The summed E-state index contributed by atoms with van der Waals surface area (Å²) in [5.74, 6) is 0.0698. The molecule has 0 atom stereocenters. The fourth-order valence-electron chi connectivity index (χ4n) is 1.11. The molecular formula is C9H16N4O. The van der Waals surface area contributed by atoms with Crippen molar-refractivity contribution in [2.45, 2.75) is 13.1 Å². The summed E-state index contributed by atoms with van der Waals surface area (Å²) in [5.41, 5.74) is 1.02. The van der Waals surface area contributed by atoms with Crippen LogP contribution in [0.25, 0.3) is 0 Å². The van der Waals surface area contributed by atoms with Gasteiger partial charge in [-0.2, -0.15) is 0 Å². The molecule has 0 saturated carbocycles. The summed E-state index contributed by atoms with van der Waals surface area (Å²) < 4.78 is 1.85. The Bertz CT molecular complexity index is 306. The maximum Gasteiger partial charge on any atom is 0.242 e. The number of hydrogen-bond donors (Lipinski definition) is 1. The first-order valence-corrected chi connectivity index (χ1v) is 4.49. The second-order valence-corrected chi connectivity index (χ2v) is 3.33. The van der Waals surface area contributed by atoms with Crippen LogP contribution in [0.4, 0.5) is 0 Å². The molecule has 1 N–H and O–H groups in total. The Labute approximate surface area is 83.7 Å². The van der Waals surface area contributed by atoms with Crippen LogP contribution in [0.3, 0.4) is 0 Å². The highest BCUT2D eigenvalue weighted by atomic mass is 16.2. The van der Waals surface area contributed by atoms with Crippen molar-refractivity contribution in [3.8, 4) is 0 Å². The first kappa shape index (κ1) is 10.7. The van der Waals surface area contributed by atoms with Crippen molar-refractivity contribution in [2.24, 2.45) is 0 Å². The van der Waals surface area contributed by atoms with Gasteiger partial charge in [0.15, 0.2) is 0 Å². The number of nitrogens with one attached hydrogen (secondary N) is 1. The fraction of sp³-hybridized carbons (Fsp3) is 0.556. The van der Waals surface area contributed by atoms with E-state index < -0.39 is 0 Å². The smallest absolute Gasteiger partial charge is 0.242 e. The van der Waals surface area contributed by atoms with Crippen molar-refractivity contribution >= 4 is 5.91 Å². The molecule has 0 spiro atoms. The van der Waals surface area contributed by atoms with Crippen LogP contribution in [0, 0.1) is 0 Å². The van der Waals surface area contributed by atoms with Gasteiger partial charge in [0, 0.05) is 26.8 Å². The van der Waals surface area contributed by atoms with Gasteiger partial charge in [-0.05, 0) is 7.05 Å². The summed E-state index contributed by atoms with van der Waals surface area (Å²) in [6.45, 7) is 1.07. The number of amides is 1. The van der Waals surface area contributed by atoms with E-state index in [1.807, 2.05) is 11.6 Å². The Morgan fingerprint density at radius 1 is 1.64 bits per heavy atom. The average Bonchev–Trinajstić information content (AvgIpc) is 2.53. The first-order valence-electron chi connectivity index (χ1n) is 4.49. The van der Waals surface area contributed by atoms with Gasteiger partial charge in [-0.1, -0.05) is 0 Å². The van der Waals surface area contributed by atoms with E-state index in [0.29, 0.717) is 6.54 Å². The number of aromatic nitrogens is 2. The first-order chi connectivity index (χ1) is 6.65. The largest absolute Gasteiger partial charge is 0.347 e. The Kier molecular flexibility index (Phi) is 3.64. The molecule has 0 unspecified atom stereocenters. The lowest BCUT2D eigenvalue weighted by Crippen LogP contribution is -2.27. The molecule has 14 heavy (non-hydrogen) atoms. The predicted octanol–water partition coefficient (Wildman–Crippen LogP) is -0.309. The highest BCUT2D eigenvalue weighted by molar-refractivity contribution is 5.75. The molecule has 1 aromatic heterocycles. The fourth-order valence-corrected chi connectivity index (χ4v) is 1.11. The molecule has 5 nitrogen and oxygen atoms in total. The second kappa shape index (κ2) is 4.76. The average molecular weight is 196 g/mol. The molecule has 0 aliphatic rings. The molecule has 0 radical (unpaired) electrons. The van der Waals surface area contributed by atoms with Crippen LogP contribution in [0.2, 0.25) is 0 Å². The van der Waals surface area contributed by atoms with Gasteiger partial charge in [0.2, 0.25) is 5.91 Å². The van der Waals surface area contributed by atoms with Gasteiger partial charge in [-0.25, -0.2) is 4.98 Å². The lowest BCUT2D eigenvalue weighted by atomic mass is 10.4. The van der Waals surface area contributed by atoms with E-state index in [2.05, 4.69) is 10.3 Å². The van der Waals surface area contributed by atoms with Crippen molar-refractivity contribution in [3.63, 3.8) is 0 Å². The third-order valence-corrected chi connectivity index (χ3v) is 1.96.